The van der Waals surface area contributed by atoms with Crippen LogP contribution in [0.1, 0.15) is 43.2 Å². The van der Waals surface area contributed by atoms with Crippen molar-refractivity contribution in [1.82, 2.24) is 20.2 Å². The average molecular weight is 375 g/mol. The Hall–Kier alpha value is -2.68. The standard InChI is InChI=1S/C17H21N5O3S/c1-10-8-22(17(25)14-3-2-13(26-14)15(18)23)5-4-11(10)6-20-16(24)12-7-19-9-21-12/h2-3,7,9-11H,4-6,8H2,1H3,(H2,18,23)(H,19,21)(H,20,24). The quantitative estimate of drug-likeness (QED) is 0.724. The lowest BCUT2D eigenvalue weighted by Crippen LogP contribution is -2.45. The predicted octanol–water partition coefficient (Wildman–Crippen LogP) is 1.10. The van der Waals surface area contributed by atoms with Crippen LogP contribution in [0.3, 0.4) is 0 Å². The molecule has 1 saturated heterocycles. The van der Waals surface area contributed by atoms with Crippen LogP contribution in [0.4, 0.5) is 0 Å². The number of piperidine rings is 1. The first-order valence-corrected chi connectivity index (χ1v) is 9.23. The smallest absolute Gasteiger partial charge is 0.269 e. The third kappa shape index (κ3) is 3.93. The summed E-state index contributed by atoms with van der Waals surface area (Å²) in [5, 5.41) is 2.91. The van der Waals surface area contributed by atoms with Crippen molar-refractivity contribution in [3.05, 3.63) is 40.1 Å². The second-order valence-electron chi connectivity index (χ2n) is 6.48. The van der Waals surface area contributed by atoms with Crippen molar-refractivity contribution < 1.29 is 14.4 Å². The maximum absolute atomic E-state index is 12.6. The number of thiophene rings is 1. The summed E-state index contributed by atoms with van der Waals surface area (Å²) in [5.74, 6) is -0.213. The summed E-state index contributed by atoms with van der Waals surface area (Å²) < 4.78 is 0. The van der Waals surface area contributed by atoms with Gasteiger partial charge in [0.2, 0.25) is 0 Å². The van der Waals surface area contributed by atoms with Crippen molar-refractivity contribution in [2.75, 3.05) is 19.6 Å². The molecule has 2 atom stereocenters. The Morgan fingerprint density at radius 3 is 2.77 bits per heavy atom. The molecule has 1 fully saturated rings. The van der Waals surface area contributed by atoms with Crippen LogP contribution in [0.5, 0.6) is 0 Å². The summed E-state index contributed by atoms with van der Waals surface area (Å²) in [7, 11) is 0. The van der Waals surface area contributed by atoms with Gasteiger partial charge in [-0.1, -0.05) is 6.92 Å². The van der Waals surface area contributed by atoms with Gasteiger partial charge in [-0.15, -0.1) is 11.3 Å². The van der Waals surface area contributed by atoms with E-state index in [1.165, 1.54) is 12.5 Å². The van der Waals surface area contributed by atoms with Crippen LogP contribution in [-0.4, -0.2) is 52.2 Å². The van der Waals surface area contributed by atoms with Crippen LogP contribution in [-0.2, 0) is 0 Å². The zero-order chi connectivity index (χ0) is 18.7. The van der Waals surface area contributed by atoms with Crippen LogP contribution in [0.15, 0.2) is 24.7 Å². The number of rotatable bonds is 5. The first-order valence-electron chi connectivity index (χ1n) is 8.41. The lowest BCUT2D eigenvalue weighted by molar-refractivity contribution is 0.0609. The normalized spacial score (nSPS) is 20.0. The molecule has 2 aromatic rings. The number of aromatic nitrogens is 2. The molecule has 0 saturated carbocycles. The summed E-state index contributed by atoms with van der Waals surface area (Å²) in [5.41, 5.74) is 5.68. The van der Waals surface area contributed by atoms with Crippen molar-refractivity contribution in [3.8, 4) is 0 Å². The van der Waals surface area contributed by atoms with Crippen LogP contribution in [0, 0.1) is 11.8 Å². The zero-order valence-electron chi connectivity index (χ0n) is 14.4. The molecule has 2 aromatic heterocycles. The minimum atomic E-state index is -0.519. The number of aromatic amines is 1. The molecule has 9 heteroatoms. The molecule has 0 bridgehead atoms. The molecule has 26 heavy (non-hydrogen) atoms. The predicted molar refractivity (Wildman–Crippen MR) is 96.9 cm³/mol. The minimum absolute atomic E-state index is 0.0747. The van der Waals surface area contributed by atoms with Gasteiger partial charge in [-0.3, -0.25) is 14.4 Å². The van der Waals surface area contributed by atoms with E-state index in [2.05, 4.69) is 22.2 Å². The highest BCUT2D eigenvalue weighted by Crippen LogP contribution is 2.26. The molecular formula is C17H21N5O3S. The van der Waals surface area contributed by atoms with Crippen molar-refractivity contribution in [3.63, 3.8) is 0 Å². The topological polar surface area (TPSA) is 121 Å². The minimum Gasteiger partial charge on any atom is -0.365 e. The van der Waals surface area contributed by atoms with E-state index in [9.17, 15) is 14.4 Å². The van der Waals surface area contributed by atoms with Crippen LogP contribution >= 0.6 is 11.3 Å². The molecule has 0 aromatic carbocycles. The van der Waals surface area contributed by atoms with E-state index in [0.29, 0.717) is 41.0 Å². The Morgan fingerprint density at radius 2 is 2.15 bits per heavy atom. The Balaban J connectivity index is 1.53. The van der Waals surface area contributed by atoms with Gasteiger partial charge in [-0.05, 0) is 30.4 Å². The van der Waals surface area contributed by atoms with Crippen molar-refractivity contribution in [2.45, 2.75) is 13.3 Å². The molecule has 0 radical (unpaired) electrons. The Labute approximate surface area is 154 Å². The molecule has 2 unspecified atom stereocenters. The van der Waals surface area contributed by atoms with E-state index < -0.39 is 5.91 Å². The molecule has 4 N–H and O–H groups in total. The number of amides is 3. The molecule has 1 aliphatic heterocycles. The lowest BCUT2D eigenvalue weighted by Gasteiger charge is -2.36. The second-order valence-corrected chi connectivity index (χ2v) is 7.56. The summed E-state index contributed by atoms with van der Waals surface area (Å²) >= 11 is 1.13. The summed E-state index contributed by atoms with van der Waals surface area (Å²) in [6.45, 7) is 3.88. The number of nitrogens with one attached hydrogen (secondary N) is 2. The third-order valence-corrected chi connectivity index (χ3v) is 5.79. The van der Waals surface area contributed by atoms with Crippen molar-refractivity contribution >= 4 is 29.1 Å². The molecule has 3 rings (SSSR count). The molecule has 1 aliphatic rings. The number of carbonyl (C=O) groups is 3. The highest BCUT2D eigenvalue weighted by atomic mass is 32.1. The summed E-state index contributed by atoms with van der Waals surface area (Å²) in [4.78, 5) is 45.1. The number of likely N-dealkylation sites (tertiary alicyclic amines) is 1. The fourth-order valence-corrected chi connectivity index (χ4v) is 3.95. The summed E-state index contributed by atoms with van der Waals surface area (Å²) in [6, 6.07) is 3.23. The molecular weight excluding hydrogens is 354 g/mol. The Morgan fingerprint density at radius 1 is 1.38 bits per heavy atom. The number of primary amides is 1. The Bertz CT molecular complexity index is 801. The van der Waals surface area contributed by atoms with E-state index in [-0.39, 0.29) is 17.7 Å². The zero-order valence-corrected chi connectivity index (χ0v) is 15.2. The van der Waals surface area contributed by atoms with E-state index >= 15 is 0 Å². The number of carbonyl (C=O) groups excluding carboxylic acids is 3. The number of imidazole rings is 1. The van der Waals surface area contributed by atoms with Gasteiger partial charge in [0.15, 0.2) is 0 Å². The third-order valence-electron chi connectivity index (χ3n) is 4.70. The van der Waals surface area contributed by atoms with Crippen LogP contribution in [0.25, 0.3) is 0 Å². The van der Waals surface area contributed by atoms with Gasteiger partial charge < -0.3 is 20.9 Å². The fourth-order valence-electron chi connectivity index (χ4n) is 3.12. The molecule has 3 heterocycles. The maximum Gasteiger partial charge on any atom is 0.269 e. The van der Waals surface area contributed by atoms with Gasteiger partial charge in [0, 0.05) is 19.6 Å². The Kier molecular flexibility index (Phi) is 5.36. The van der Waals surface area contributed by atoms with Crippen molar-refractivity contribution in [1.29, 1.82) is 0 Å². The first kappa shape index (κ1) is 18.1. The number of nitrogens with zero attached hydrogens (tertiary/aromatic N) is 2. The maximum atomic E-state index is 12.6. The number of hydrogen-bond donors (Lipinski definition) is 3. The van der Waals surface area contributed by atoms with Crippen LogP contribution < -0.4 is 11.1 Å². The van der Waals surface area contributed by atoms with E-state index in [1.54, 1.807) is 17.0 Å². The van der Waals surface area contributed by atoms with E-state index in [1.807, 2.05) is 0 Å². The van der Waals surface area contributed by atoms with Gasteiger partial charge >= 0.3 is 0 Å². The van der Waals surface area contributed by atoms with Gasteiger partial charge in [-0.25, -0.2) is 4.98 Å². The molecule has 0 aliphatic carbocycles. The van der Waals surface area contributed by atoms with Gasteiger partial charge in [0.1, 0.15) is 5.69 Å². The monoisotopic (exact) mass is 375 g/mol. The van der Waals surface area contributed by atoms with Gasteiger partial charge in [0.25, 0.3) is 17.7 Å². The van der Waals surface area contributed by atoms with Crippen molar-refractivity contribution in [2.24, 2.45) is 17.6 Å². The van der Waals surface area contributed by atoms with Gasteiger partial charge in [-0.2, -0.15) is 0 Å². The average Bonchev–Trinajstić information content (AvgIpc) is 3.31. The molecule has 8 nitrogen and oxygen atoms in total. The molecule has 0 spiro atoms. The van der Waals surface area contributed by atoms with E-state index in [0.717, 1.165) is 17.8 Å². The summed E-state index contributed by atoms with van der Waals surface area (Å²) in [6.07, 6.45) is 3.77. The highest BCUT2D eigenvalue weighted by molar-refractivity contribution is 7.15. The first-order chi connectivity index (χ1) is 12.5. The highest BCUT2D eigenvalue weighted by Gasteiger charge is 2.30. The number of hydrogen-bond acceptors (Lipinski definition) is 5. The lowest BCUT2D eigenvalue weighted by atomic mass is 9.86. The number of nitrogens with two attached hydrogens (primary N) is 1. The molecule has 138 valence electrons. The second kappa shape index (κ2) is 7.69. The van der Waals surface area contributed by atoms with E-state index in [4.69, 9.17) is 5.73 Å². The largest absolute Gasteiger partial charge is 0.365 e. The SMILES string of the molecule is CC1CN(C(=O)c2ccc(C(N)=O)s2)CCC1CNC(=O)c1cnc[nH]1. The van der Waals surface area contributed by atoms with Gasteiger partial charge in [0.05, 0.1) is 22.3 Å². The molecule has 3 amide bonds. The fraction of sp³-hybridized carbons (Fsp3) is 0.412. The van der Waals surface area contributed by atoms with Crippen LogP contribution in [0.2, 0.25) is 0 Å². The number of H-pyrrole nitrogens is 1.